The number of aromatic hydroxyl groups is 1. The number of hydrogen-bond acceptors (Lipinski definition) is 2. The zero-order valence-corrected chi connectivity index (χ0v) is 9.96. The van der Waals surface area contributed by atoms with E-state index in [1.165, 1.54) is 0 Å². The smallest absolute Gasteiger partial charge is 0.119 e. The van der Waals surface area contributed by atoms with Gasteiger partial charge in [0.1, 0.15) is 5.75 Å². The number of hydrogen-bond donors (Lipinski definition) is 2. The molecule has 84 valence electrons. The van der Waals surface area contributed by atoms with Crippen molar-refractivity contribution in [2.75, 3.05) is 6.61 Å². The molecule has 0 aliphatic carbocycles. The van der Waals surface area contributed by atoms with E-state index in [0.29, 0.717) is 12.2 Å². The zero-order valence-electron chi connectivity index (χ0n) is 9.96. The Kier molecular flexibility index (Phi) is 3.40. The van der Waals surface area contributed by atoms with Crippen molar-refractivity contribution in [3.63, 3.8) is 0 Å². The van der Waals surface area contributed by atoms with Gasteiger partial charge in [-0.1, -0.05) is 19.9 Å². The SMILES string of the molecule is Cc1cc(C)c(C(C)(C)CCO)c(O)c1. The van der Waals surface area contributed by atoms with Gasteiger partial charge in [0, 0.05) is 12.2 Å². The average Bonchev–Trinajstić information content (AvgIpc) is 1.99. The van der Waals surface area contributed by atoms with Crippen molar-refractivity contribution in [2.24, 2.45) is 0 Å². The molecule has 2 heteroatoms. The van der Waals surface area contributed by atoms with Crippen molar-refractivity contribution in [3.8, 4) is 5.75 Å². The van der Waals surface area contributed by atoms with Gasteiger partial charge in [-0.3, -0.25) is 0 Å². The third-order valence-corrected chi connectivity index (χ3v) is 2.87. The lowest BCUT2D eigenvalue weighted by Gasteiger charge is -2.27. The summed E-state index contributed by atoms with van der Waals surface area (Å²) in [5, 5.41) is 19.0. The van der Waals surface area contributed by atoms with Crippen molar-refractivity contribution in [1.29, 1.82) is 0 Å². The van der Waals surface area contributed by atoms with Gasteiger partial charge in [0.2, 0.25) is 0 Å². The highest BCUT2D eigenvalue weighted by atomic mass is 16.3. The fourth-order valence-electron chi connectivity index (χ4n) is 2.23. The van der Waals surface area contributed by atoms with E-state index in [4.69, 9.17) is 5.11 Å². The molecule has 0 radical (unpaired) electrons. The van der Waals surface area contributed by atoms with Crippen molar-refractivity contribution in [1.82, 2.24) is 0 Å². The van der Waals surface area contributed by atoms with Crippen LogP contribution in [0.1, 0.15) is 37.0 Å². The maximum Gasteiger partial charge on any atom is 0.119 e. The molecular weight excluding hydrogens is 188 g/mol. The van der Waals surface area contributed by atoms with Crippen molar-refractivity contribution < 1.29 is 10.2 Å². The number of benzene rings is 1. The molecule has 0 fully saturated rings. The number of aliphatic hydroxyl groups excluding tert-OH is 1. The predicted molar refractivity (Wildman–Crippen MR) is 62.3 cm³/mol. The molecule has 0 heterocycles. The topological polar surface area (TPSA) is 40.5 Å². The Morgan fingerprint density at radius 3 is 2.27 bits per heavy atom. The summed E-state index contributed by atoms with van der Waals surface area (Å²) in [6.07, 6.45) is 0.657. The summed E-state index contributed by atoms with van der Waals surface area (Å²) in [6.45, 7) is 8.19. The van der Waals surface area contributed by atoms with Crippen LogP contribution in [0.15, 0.2) is 12.1 Å². The summed E-state index contributed by atoms with van der Waals surface area (Å²) in [7, 11) is 0. The number of aryl methyl sites for hydroxylation is 2. The number of phenols is 1. The highest BCUT2D eigenvalue weighted by molar-refractivity contribution is 5.46. The summed E-state index contributed by atoms with van der Waals surface area (Å²) in [5.41, 5.74) is 2.91. The van der Waals surface area contributed by atoms with Crippen LogP contribution in [0.4, 0.5) is 0 Å². The van der Waals surface area contributed by atoms with Crippen LogP contribution in [0.3, 0.4) is 0 Å². The van der Waals surface area contributed by atoms with E-state index in [0.717, 1.165) is 16.7 Å². The van der Waals surface area contributed by atoms with Crippen LogP contribution in [-0.2, 0) is 5.41 Å². The number of rotatable bonds is 3. The minimum Gasteiger partial charge on any atom is -0.508 e. The van der Waals surface area contributed by atoms with Gasteiger partial charge in [-0.25, -0.2) is 0 Å². The minimum absolute atomic E-state index is 0.139. The highest BCUT2D eigenvalue weighted by Gasteiger charge is 2.25. The first kappa shape index (κ1) is 12.1. The molecule has 1 aromatic carbocycles. The van der Waals surface area contributed by atoms with E-state index in [1.54, 1.807) is 6.07 Å². The van der Waals surface area contributed by atoms with Crippen LogP contribution in [0.2, 0.25) is 0 Å². The van der Waals surface area contributed by atoms with Gasteiger partial charge < -0.3 is 10.2 Å². The standard InChI is InChI=1S/C13H20O2/c1-9-7-10(2)12(11(15)8-9)13(3,4)5-6-14/h7-8,14-15H,5-6H2,1-4H3. The van der Waals surface area contributed by atoms with Crippen LogP contribution < -0.4 is 0 Å². The molecule has 15 heavy (non-hydrogen) atoms. The minimum atomic E-state index is -0.184. The Bertz CT molecular complexity index is 331. The van der Waals surface area contributed by atoms with Crippen molar-refractivity contribution in [3.05, 3.63) is 28.8 Å². The van der Waals surface area contributed by atoms with Gasteiger partial charge in [-0.05, 0) is 42.9 Å². The lowest BCUT2D eigenvalue weighted by atomic mass is 9.78. The Morgan fingerprint density at radius 1 is 1.20 bits per heavy atom. The van der Waals surface area contributed by atoms with E-state index in [9.17, 15) is 5.11 Å². The molecular formula is C13H20O2. The Hall–Kier alpha value is -1.02. The predicted octanol–water partition coefficient (Wildman–Crippen LogP) is 2.67. The quantitative estimate of drug-likeness (QED) is 0.801. The lowest BCUT2D eigenvalue weighted by Crippen LogP contribution is -2.20. The van der Waals surface area contributed by atoms with Crippen LogP contribution in [0.5, 0.6) is 5.75 Å². The molecule has 0 bridgehead atoms. The molecule has 0 amide bonds. The largest absolute Gasteiger partial charge is 0.508 e. The second kappa shape index (κ2) is 4.23. The Morgan fingerprint density at radius 2 is 1.80 bits per heavy atom. The third-order valence-electron chi connectivity index (χ3n) is 2.87. The highest BCUT2D eigenvalue weighted by Crippen LogP contribution is 2.36. The van der Waals surface area contributed by atoms with E-state index in [1.807, 2.05) is 27.7 Å². The second-order valence-corrected chi connectivity index (χ2v) is 4.83. The molecule has 0 aliphatic heterocycles. The fraction of sp³-hybridized carbons (Fsp3) is 0.538. The molecule has 0 aromatic heterocycles. The first-order valence-electron chi connectivity index (χ1n) is 5.30. The molecule has 0 saturated carbocycles. The summed E-state index contributed by atoms with van der Waals surface area (Å²) >= 11 is 0. The summed E-state index contributed by atoms with van der Waals surface area (Å²) < 4.78 is 0. The van der Waals surface area contributed by atoms with Crippen LogP contribution >= 0.6 is 0 Å². The lowest BCUT2D eigenvalue weighted by molar-refractivity contribution is 0.250. The van der Waals surface area contributed by atoms with Crippen molar-refractivity contribution >= 4 is 0 Å². The molecule has 1 rings (SSSR count). The normalized spacial score (nSPS) is 11.8. The average molecular weight is 208 g/mol. The molecule has 0 unspecified atom stereocenters. The fourth-order valence-corrected chi connectivity index (χ4v) is 2.23. The zero-order chi connectivity index (χ0) is 11.6. The molecule has 2 nitrogen and oxygen atoms in total. The molecule has 0 spiro atoms. The third kappa shape index (κ3) is 2.51. The second-order valence-electron chi connectivity index (χ2n) is 4.83. The van der Waals surface area contributed by atoms with Gasteiger partial charge in [0.05, 0.1) is 0 Å². The van der Waals surface area contributed by atoms with E-state index in [-0.39, 0.29) is 12.0 Å². The summed E-state index contributed by atoms with van der Waals surface area (Å²) in [5.74, 6) is 0.339. The molecule has 0 aliphatic rings. The monoisotopic (exact) mass is 208 g/mol. The Balaban J connectivity index is 3.24. The molecule has 0 saturated heterocycles. The van der Waals surface area contributed by atoms with Gasteiger partial charge in [0.25, 0.3) is 0 Å². The number of aliphatic hydroxyl groups is 1. The van der Waals surface area contributed by atoms with Crippen LogP contribution in [0, 0.1) is 13.8 Å². The van der Waals surface area contributed by atoms with Gasteiger partial charge in [-0.2, -0.15) is 0 Å². The van der Waals surface area contributed by atoms with Gasteiger partial charge >= 0.3 is 0 Å². The maximum absolute atomic E-state index is 9.95. The van der Waals surface area contributed by atoms with E-state index >= 15 is 0 Å². The van der Waals surface area contributed by atoms with E-state index in [2.05, 4.69) is 6.07 Å². The van der Waals surface area contributed by atoms with Crippen LogP contribution in [-0.4, -0.2) is 16.8 Å². The molecule has 0 atom stereocenters. The van der Waals surface area contributed by atoms with Gasteiger partial charge in [-0.15, -0.1) is 0 Å². The van der Waals surface area contributed by atoms with Crippen molar-refractivity contribution in [2.45, 2.75) is 39.5 Å². The summed E-state index contributed by atoms with van der Waals surface area (Å²) in [6, 6.07) is 3.84. The molecule has 1 aromatic rings. The number of phenolic OH excluding ortho intramolecular Hbond substituents is 1. The first-order valence-corrected chi connectivity index (χ1v) is 5.30. The van der Waals surface area contributed by atoms with Crippen LogP contribution in [0.25, 0.3) is 0 Å². The first-order chi connectivity index (χ1) is 6.88. The Labute approximate surface area is 91.6 Å². The molecule has 2 N–H and O–H groups in total. The van der Waals surface area contributed by atoms with E-state index < -0.39 is 0 Å². The summed E-state index contributed by atoms with van der Waals surface area (Å²) in [4.78, 5) is 0. The van der Waals surface area contributed by atoms with Gasteiger partial charge in [0.15, 0.2) is 0 Å². The maximum atomic E-state index is 9.95.